The molecule has 5 nitrogen and oxygen atoms in total. The molecule has 1 aromatic heterocycles. The Bertz CT molecular complexity index is 464. The fourth-order valence-corrected chi connectivity index (χ4v) is 1.15. The molecule has 0 fully saturated rings. The standard InChI is InChI=1S/C8H5N3O2/c12-11(13)8-7-4-2-1-3-6(7)5-9-10-8/h1-5H. The Morgan fingerprint density at radius 2 is 2.08 bits per heavy atom. The lowest BCUT2D eigenvalue weighted by Gasteiger charge is -1.95. The van der Waals surface area contributed by atoms with E-state index in [1.807, 2.05) is 0 Å². The number of fused-ring (bicyclic) bond motifs is 1. The maximum Gasteiger partial charge on any atom is 0.398 e. The number of rotatable bonds is 1. The van der Waals surface area contributed by atoms with E-state index in [1.165, 1.54) is 6.20 Å². The molecule has 0 N–H and O–H groups in total. The van der Waals surface area contributed by atoms with Crippen LogP contribution in [0.25, 0.3) is 10.8 Å². The van der Waals surface area contributed by atoms with Crippen molar-refractivity contribution in [1.82, 2.24) is 10.2 Å². The lowest BCUT2D eigenvalue weighted by molar-refractivity contribution is -0.388. The Balaban J connectivity index is 2.83. The zero-order chi connectivity index (χ0) is 9.26. The highest BCUT2D eigenvalue weighted by Crippen LogP contribution is 2.20. The van der Waals surface area contributed by atoms with Crippen molar-refractivity contribution >= 4 is 16.6 Å². The SMILES string of the molecule is O=[N+]([O-])c1nncc2ccccc12. The minimum atomic E-state index is -0.532. The molecule has 1 heterocycles. The van der Waals surface area contributed by atoms with Gasteiger partial charge in [0.2, 0.25) is 0 Å². The van der Waals surface area contributed by atoms with Gasteiger partial charge < -0.3 is 10.1 Å². The lowest BCUT2D eigenvalue weighted by atomic mass is 10.2. The molecule has 0 radical (unpaired) electrons. The first-order chi connectivity index (χ1) is 6.29. The second-order valence-corrected chi connectivity index (χ2v) is 2.51. The molecule has 0 amide bonds. The van der Waals surface area contributed by atoms with Crippen LogP contribution < -0.4 is 0 Å². The van der Waals surface area contributed by atoms with E-state index in [4.69, 9.17) is 0 Å². The highest BCUT2D eigenvalue weighted by molar-refractivity contribution is 5.87. The van der Waals surface area contributed by atoms with Crippen LogP contribution in [0.2, 0.25) is 0 Å². The van der Waals surface area contributed by atoms with Crippen molar-refractivity contribution in [1.29, 1.82) is 0 Å². The van der Waals surface area contributed by atoms with Crippen LogP contribution in [0.3, 0.4) is 0 Å². The average molecular weight is 175 g/mol. The van der Waals surface area contributed by atoms with E-state index >= 15 is 0 Å². The first kappa shape index (κ1) is 7.60. The smallest absolute Gasteiger partial charge is 0.358 e. The van der Waals surface area contributed by atoms with Gasteiger partial charge in [-0.05, 0) is 16.1 Å². The molecule has 64 valence electrons. The van der Waals surface area contributed by atoms with Crippen LogP contribution in [-0.2, 0) is 0 Å². The normalized spacial score (nSPS) is 10.2. The summed E-state index contributed by atoms with van der Waals surface area (Å²) < 4.78 is 0. The molecule has 5 heteroatoms. The minimum Gasteiger partial charge on any atom is -0.358 e. The Morgan fingerprint density at radius 3 is 2.85 bits per heavy atom. The van der Waals surface area contributed by atoms with Crippen molar-refractivity contribution in [3.8, 4) is 0 Å². The molecule has 2 rings (SSSR count). The van der Waals surface area contributed by atoms with E-state index in [9.17, 15) is 10.1 Å². The number of nitrogens with zero attached hydrogens (tertiary/aromatic N) is 3. The quantitative estimate of drug-likeness (QED) is 0.487. The van der Waals surface area contributed by atoms with Crippen LogP contribution in [0, 0.1) is 10.1 Å². The van der Waals surface area contributed by atoms with Gasteiger partial charge in [-0.2, -0.15) is 0 Å². The first-order valence-corrected chi connectivity index (χ1v) is 3.64. The van der Waals surface area contributed by atoms with Crippen molar-refractivity contribution in [3.63, 3.8) is 0 Å². The van der Waals surface area contributed by atoms with Crippen LogP contribution in [0.1, 0.15) is 0 Å². The highest BCUT2D eigenvalue weighted by Gasteiger charge is 2.12. The lowest BCUT2D eigenvalue weighted by Crippen LogP contribution is -1.94. The van der Waals surface area contributed by atoms with E-state index in [0.717, 1.165) is 5.39 Å². The maximum atomic E-state index is 10.5. The van der Waals surface area contributed by atoms with Crippen molar-refractivity contribution in [2.24, 2.45) is 0 Å². The van der Waals surface area contributed by atoms with Crippen LogP contribution in [-0.4, -0.2) is 15.1 Å². The fraction of sp³-hybridized carbons (Fsp3) is 0. The largest absolute Gasteiger partial charge is 0.398 e. The summed E-state index contributed by atoms with van der Waals surface area (Å²) in [5.41, 5.74) is 0. The summed E-state index contributed by atoms with van der Waals surface area (Å²) in [6.07, 6.45) is 1.50. The van der Waals surface area contributed by atoms with Gasteiger partial charge >= 0.3 is 5.82 Å². The fourth-order valence-electron chi connectivity index (χ4n) is 1.15. The highest BCUT2D eigenvalue weighted by atomic mass is 16.6. The molecule has 13 heavy (non-hydrogen) atoms. The zero-order valence-corrected chi connectivity index (χ0v) is 6.54. The van der Waals surface area contributed by atoms with Gasteiger partial charge in [0.1, 0.15) is 0 Å². The van der Waals surface area contributed by atoms with Gasteiger partial charge in [-0.3, -0.25) is 0 Å². The predicted octanol–water partition coefficient (Wildman–Crippen LogP) is 1.54. The van der Waals surface area contributed by atoms with E-state index in [1.54, 1.807) is 24.3 Å². The molecule has 2 aromatic rings. The summed E-state index contributed by atoms with van der Waals surface area (Å²) in [6, 6.07) is 6.95. The molecule has 0 aliphatic carbocycles. The minimum absolute atomic E-state index is 0.196. The molecule has 0 spiro atoms. The van der Waals surface area contributed by atoms with E-state index < -0.39 is 4.92 Å². The molecule has 0 unspecified atom stereocenters. The molecular weight excluding hydrogens is 170 g/mol. The number of nitro groups is 1. The molecule has 0 bridgehead atoms. The van der Waals surface area contributed by atoms with Gasteiger partial charge in [0.15, 0.2) is 0 Å². The predicted molar refractivity (Wildman–Crippen MR) is 46.2 cm³/mol. The Labute approximate surface area is 73.2 Å². The summed E-state index contributed by atoms with van der Waals surface area (Å²) in [4.78, 5) is 9.99. The van der Waals surface area contributed by atoms with Gasteiger partial charge in [0.05, 0.1) is 16.7 Å². The van der Waals surface area contributed by atoms with E-state index in [-0.39, 0.29) is 5.82 Å². The summed E-state index contributed by atoms with van der Waals surface area (Å²) in [5, 5.41) is 18.8. The van der Waals surface area contributed by atoms with Crippen molar-refractivity contribution < 1.29 is 4.92 Å². The van der Waals surface area contributed by atoms with Crippen LogP contribution in [0.15, 0.2) is 30.5 Å². The molecule has 0 atom stereocenters. The summed E-state index contributed by atoms with van der Waals surface area (Å²) in [7, 11) is 0. The second kappa shape index (κ2) is 2.78. The van der Waals surface area contributed by atoms with E-state index in [2.05, 4.69) is 10.2 Å². The molecule has 0 saturated carbocycles. The summed E-state index contributed by atoms with van der Waals surface area (Å²) in [5.74, 6) is -0.196. The van der Waals surface area contributed by atoms with Crippen molar-refractivity contribution in [2.75, 3.05) is 0 Å². The number of aromatic nitrogens is 2. The van der Waals surface area contributed by atoms with Gasteiger partial charge in [0, 0.05) is 5.39 Å². The van der Waals surface area contributed by atoms with Crippen LogP contribution in [0.4, 0.5) is 5.82 Å². The number of benzene rings is 1. The van der Waals surface area contributed by atoms with Crippen molar-refractivity contribution in [2.45, 2.75) is 0 Å². The summed E-state index contributed by atoms with van der Waals surface area (Å²) >= 11 is 0. The molecule has 0 aliphatic heterocycles. The monoisotopic (exact) mass is 175 g/mol. The molecule has 0 aliphatic rings. The second-order valence-electron chi connectivity index (χ2n) is 2.51. The maximum absolute atomic E-state index is 10.5. The molecule has 1 aromatic carbocycles. The third-order valence-electron chi connectivity index (χ3n) is 1.72. The number of hydrogen-bond donors (Lipinski definition) is 0. The average Bonchev–Trinajstić information content (AvgIpc) is 2.17. The molecule has 0 saturated heterocycles. The summed E-state index contributed by atoms with van der Waals surface area (Å²) in [6.45, 7) is 0. The van der Waals surface area contributed by atoms with Crippen molar-refractivity contribution in [3.05, 3.63) is 40.6 Å². The third kappa shape index (κ3) is 1.20. The van der Waals surface area contributed by atoms with Crippen LogP contribution >= 0.6 is 0 Å². The third-order valence-corrected chi connectivity index (χ3v) is 1.72. The van der Waals surface area contributed by atoms with Gasteiger partial charge in [-0.15, -0.1) is 0 Å². The van der Waals surface area contributed by atoms with Gasteiger partial charge in [-0.25, -0.2) is 0 Å². The Kier molecular flexibility index (Phi) is 1.63. The van der Waals surface area contributed by atoms with Crippen LogP contribution in [0.5, 0.6) is 0 Å². The molecular formula is C8H5N3O2. The Morgan fingerprint density at radius 1 is 1.31 bits per heavy atom. The van der Waals surface area contributed by atoms with E-state index in [0.29, 0.717) is 5.39 Å². The van der Waals surface area contributed by atoms with Gasteiger partial charge in [0.25, 0.3) is 0 Å². The zero-order valence-electron chi connectivity index (χ0n) is 6.54. The number of hydrogen-bond acceptors (Lipinski definition) is 4. The first-order valence-electron chi connectivity index (χ1n) is 3.64. The topological polar surface area (TPSA) is 68.9 Å². The van der Waals surface area contributed by atoms with Gasteiger partial charge in [-0.1, -0.05) is 18.2 Å². The Hall–Kier alpha value is -2.04.